The highest BCUT2D eigenvalue weighted by Gasteiger charge is 2.35. The first-order valence-electron chi connectivity index (χ1n) is 13.4. The molecule has 210 valence electrons. The lowest BCUT2D eigenvalue weighted by Gasteiger charge is -2.26. The molecule has 3 aromatic carbocycles. The molecule has 0 bridgehead atoms. The van der Waals surface area contributed by atoms with Gasteiger partial charge in [-0.15, -0.1) is 0 Å². The van der Waals surface area contributed by atoms with E-state index in [4.69, 9.17) is 30.8 Å². The second-order valence-corrected chi connectivity index (χ2v) is 10.5. The fraction of sp³-hybridized carbons (Fsp3) is 0.219. The van der Waals surface area contributed by atoms with Gasteiger partial charge >= 0.3 is 5.97 Å². The van der Waals surface area contributed by atoms with Gasteiger partial charge < -0.3 is 14.2 Å². The number of hydrogen-bond acceptors (Lipinski definition) is 7. The summed E-state index contributed by atoms with van der Waals surface area (Å²) in [5.74, 6) is 0.776. The second kappa shape index (κ2) is 12.6. The van der Waals surface area contributed by atoms with Crippen LogP contribution in [-0.2, 0) is 9.53 Å². The number of aromatic nitrogens is 1. The van der Waals surface area contributed by atoms with Gasteiger partial charge in [0.25, 0.3) is 5.56 Å². The van der Waals surface area contributed by atoms with Crippen LogP contribution in [0.1, 0.15) is 43.5 Å². The highest BCUT2D eigenvalue weighted by molar-refractivity contribution is 7.07. The van der Waals surface area contributed by atoms with Crippen LogP contribution in [0.15, 0.2) is 88.2 Å². The normalized spacial score (nSPS) is 14.8. The number of nitrogens with zero attached hydrogens (tertiary/aromatic N) is 2. The van der Waals surface area contributed by atoms with E-state index in [0.29, 0.717) is 55.9 Å². The Kier molecular flexibility index (Phi) is 8.71. The third-order valence-corrected chi connectivity index (χ3v) is 7.66. The summed E-state index contributed by atoms with van der Waals surface area (Å²) in [6.45, 7) is 6.73. The van der Waals surface area contributed by atoms with Gasteiger partial charge in [-0.05, 0) is 62.7 Å². The zero-order valence-corrected chi connectivity index (χ0v) is 24.5. The van der Waals surface area contributed by atoms with Crippen LogP contribution in [0, 0.1) is 0 Å². The van der Waals surface area contributed by atoms with Crippen molar-refractivity contribution in [3.8, 4) is 11.5 Å². The number of ether oxygens (including phenoxy) is 3. The number of benzene rings is 3. The Labute approximate surface area is 246 Å². The minimum atomic E-state index is -0.774. The molecule has 1 aliphatic rings. The van der Waals surface area contributed by atoms with E-state index in [1.807, 2.05) is 68.4 Å². The van der Waals surface area contributed by atoms with Crippen LogP contribution in [-0.4, -0.2) is 30.4 Å². The van der Waals surface area contributed by atoms with Crippen LogP contribution in [0.4, 0.5) is 0 Å². The SMILES string of the molecule is CCOC(=O)C1=C(c2ccccc2)N=c2s/c(=C\c3cc(Cl)ccc3OCC)c(=O)n2[C@@H]1c1ccc(OCC)cc1. The number of hydrogen-bond donors (Lipinski definition) is 0. The Bertz CT molecular complexity index is 1780. The van der Waals surface area contributed by atoms with Crippen LogP contribution in [0.2, 0.25) is 5.02 Å². The highest BCUT2D eigenvalue weighted by Crippen LogP contribution is 2.35. The van der Waals surface area contributed by atoms with Crippen molar-refractivity contribution in [3.63, 3.8) is 0 Å². The minimum Gasteiger partial charge on any atom is -0.494 e. The molecule has 0 amide bonds. The molecular weight excluding hydrogens is 560 g/mol. The third kappa shape index (κ3) is 5.85. The Morgan fingerprint density at radius 3 is 2.39 bits per heavy atom. The predicted octanol–water partition coefficient (Wildman–Crippen LogP) is 5.39. The molecule has 0 radical (unpaired) electrons. The molecule has 0 aliphatic carbocycles. The van der Waals surface area contributed by atoms with E-state index in [9.17, 15) is 9.59 Å². The molecule has 0 saturated heterocycles. The summed E-state index contributed by atoms with van der Waals surface area (Å²) >= 11 is 7.53. The number of halogens is 1. The lowest BCUT2D eigenvalue weighted by atomic mass is 9.93. The summed E-state index contributed by atoms with van der Waals surface area (Å²) in [5.41, 5.74) is 2.62. The fourth-order valence-electron chi connectivity index (χ4n) is 4.73. The molecule has 1 aliphatic heterocycles. The van der Waals surface area contributed by atoms with Crippen LogP contribution in [0.5, 0.6) is 11.5 Å². The molecular formula is C32H29ClN2O5S. The topological polar surface area (TPSA) is 79.1 Å². The molecule has 1 atom stereocenters. The molecule has 0 unspecified atom stereocenters. The van der Waals surface area contributed by atoms with E-state index in [0.717, 1.165) is 11.1 Å². The quantitative estimate of drug-likeness (QED) is 0.245. The van der Waals surface area contributed by atoms with Gasteiger partial charge in [-0.3, -0.25) is 9.36 Å². The minimum absolute atomic E-state index is 0.180. The van der Waals surface area contributed by atoms with Gasteiger partial charge in [-0.2, -0.15) is 0 Å². The molecule has 0 spiro atoms. The Hall–Kier alpha value is -4.14. The first-order chi connectivity index (χ1) is 19.9. The van der Waals surface area contributed by atoms with Crippen LogP contribution in [0.3, 0.4) is 0 Å². The van der Waals surface area contributed by atoms with E-state index in [2.05, 4.69) is 0 Å². The fourth-order valence-corrected chi connectivity index (χ4v) is 5.90. The zero-order valence-electron chi connectivity index (χ0n) is 22.9. The number of carbonyl (C=O) groups excluding carboxylic acids is 1. The van der Waals surface area contributed by atoms with Gasteiger partial charge in [0.1, 0.15) is 11.5 Å². The Balaban J connectivity index is 1.80. The summed E-state index contributed by atoms with van der Waals surface area (Å²) in [6, 6.07) is 21.4. The lowest BCUT2D eigenvalue weighted by Crippen LogP contribution is -2.40. The van der Waals surface area contributed by atoms with Crippen molar-refractivity contribution in [2.45, 2.75) is 26.8 Å². The first kappa shape index (κ1) is 28.4. The van der Waals surface area contributed by atoms with E-state index < -0.39 is 12.0 Å². The van der Waals surface area contributed by atoms with Crippen molar-refractivity contribution >= 4 is 40.7 Å². The summed E-state index contributed by atoms with van der Waals surface area (Å²) in [4.78, 5) is 33.0. The second-order valence-electron chi connectivity index (χ2n) is 9.05. The molecule has 0 fully saturated rings. The van der Waals surface area contributed by atoms with Crippen molar-refractivity contribution in [2.75, 3.05) is 19.8 Å². The summed E-state index contributed by atoms with van der Waals surface area (Å²) in [5, 5.41) is 0.524. The number of fused-ring (bicyclic) bond motifs is 1. The molecule has 0 saturated carbocycles. The number of thiazole rings is 1. The monoisotopic (exact) mass is 588 g/mol. The van der Waals surface area contributed by atoms with E-state index in [1.165, 1.54) is 11.3 Å². The highest BCUT2D eigenvalue weighted by atomic mass is 35.5. The average Bonchev–Trinajstić information content (AvgIpc) is 3.29. The number of esters is 1. The van der Waals surface area contributed by atoms with Gasteiger partial charge in [-0.1, -0.05) is 65.4 Å². The van der Waals surface area contributed by atoms with Crippen LogP contribution < -0.4 is 24.4 Å². The largest absolute Gasteiger partial charge is 0.494 e. The molecule has 7 nitrogen and oxygen atoms in total. The molecule has 9 heteroatoms. The summed E-state index contributed by atoms with van der Waals surface area (Å²) in [7, 11) is 0. The Morgan fingerprint density at radius 2 is 1.71 bits per heavy atom. The standard InChI is InChI=1S/C32H29ClN2O5S/c1-4-38-24-15-12-21(13-16-24)29-27(31(37)40-6-3)28(20-10-8-7-9-11-20)34-32-35(29)30(36)26(41-32)19-22-18-23(33)14-17-25(22)39-5-2/h7-19,29H,4-6H2,1-3H3/b26-19-/t29-/m1/s1. The maximum atomic E-state index is 14.1. The van der Waals surface area contributed by atoms with Gasteiger partial charge in [0.2, 0.25) is 0 Å². The average molecular weight is 589 g/mol. The maximum absolute atomic E-state index is 14.1. The van der Waals surface area contributed by atoms with Crippen molar-refractivity contribution in [1.82, 2.24) is 4.57 Å². The zero-order chi connectivity index (χ0) is 28.9. The van der Waals surface area contributed by atoms with E-state index in [1.54, 1.807) is 35.8 Å². The smallest absolute Gasteiger partial charge is 0.338 e. The first-order valence-corrected chi connectivity index (χ1v) is 14.6. The van der Waals surface area contributed by atoms with E-state index >= 15 is 0 Å². The molecule has 1 aromatic heterocycles. The van der Waals surface area contributed by atoms with Crippen molar-refractivity contribution < 1.29 is 19.0 Å². The molecule has 5 rings (SSSR count). The van der Waals surface area contributed by atoms with Crippen LogP contribution >= 0.6 is 22.9 Å². The van der Waals surface area contributed by atoms with Crippen molar-refractivity contribution in [1.29, 1.82) is 0 Å². The lowest BCUT2D eigenvalue weighted by molar-refractivity contribution is -0.138. The maximum Gasteiger partial charge on any atom is 0.338 e. The molecule has 2 heterocycles. The third-order valence-electron chi connectivity index (χ3n) is 6.44. The molecule has 41 heavy (non-hydrogen) atoms. The summed E-state index contributed by atoms with van der Waals surface area (Å²) in [6.07, 6.45) is 1.76. The Morgan fingerprint density at radius 1 is 0.976 bits per heavy atom. The number of rotatable bonds is 9. The predicted molar refractivity (Wildman–Crippen MR) is 161 cm³/mol. The van der Waals surface area contributed by atoms with E-state index in [-0.39, 0.29) is 12.2 Å². The molecule has 0 N–H and O–H groups in total. The van der Waals surface area contributed by atoms with Crippen molar-refractivity contribution in [3.05, 3.63) is 120 Å². The van der Waals surface area contributed by atoms with Gasteiger partial charge in [-0.25, -0.2) is 9.79 Å². The molecule has 4 aromatic rings. The van der Waals surface area contributed by atoms with Gasteiger partial charge in [0, 0.05) is 16.1 Å². The van der Waals surface area contributed by atoms with Gasteiger partial charge in [0.05, 0.1) is 41.7 Å². The summed E-state index contributed by atoms with van der Waals surface area (Å²) < 4.78 is 18.9. The van der Waals surface area contributed by atoms with Gasteiger partial charge in [0.15, 0.2) is 4.80 Å². The van der Waals surface area contributed by atoms with Crippen molar-refractivity contribution in [2.24, 2.45) is 4.99 Å². The van der Waals surface area contributed by atoms with Crippen LogP contribution in [0.25, 0.3) is 11.8 Å². The number of carbonyl (C=O) groups is 1.